The number of hydrogen-bond donors (Lipinski definition) is 1. The summed E-state index contributed by atoms with van der Waals surface area (Å²) in [6, 6.07) is 11.0. The minimum Gasteiger partial charge on any atom is -0.493 e. The first kappa shape index (κ1) is 18.8. The number of amides is 2. The first-order valence-corrected chi connectivity index (χ1v) is 9.11. The molecule has 0 spiro atoms. The third kappa shape index (κ3) is 5.03. The lowest BCUT2D eigenvalue weighted by Crippen LogP contribution is -2.39. The van der Waals surface area contributed by atoms with Crippen molar-refractivity contribution in [3.8, 4) is 11.5 Å². The van der Waals surface area contributed by atoms with Crippen LogP contribution in [0.25, 0.3) is 0 Å². The Bertz CT molecular complexity index is 760. The number of rotatable bonds is 6. The standard InChI is InChI=1S/C20H25N3O4/c1-26-17-7-2-3-8-18(17)27-15-20(25)23-11-5-10-22(12-13-23)19(24)14-16-6-4-9-21-16/h2-4,6-9,21H,5,10-15H2,1H3. The van der Waals surface area contributed by atoms with Crippen LogP contribution in [-0.2, 0) is 16.0 Å². The summed E-state index contributed by atoms with van der Waals surface area (Å²) in [7, 11) is 1.57. The van der Waals surface area contributed by atoms with E-state index in [1.807, 2.05) is 35.4 Å². The van der Waals surface area contributed by atoms with Gasteiger partial charge in [0.15, 0.2) is 18.1 Å². The summed E-state index contributed by atoms with van der Waals surface area (Å²) in [5.41, 5.74) is 0.905. The molecule has 0 atom stereocenters. The number of para-hydroxylation sites is 2. The molecule has 1 aliphatic heterocycles. The van der Waals surface area contributed by atoms with Gasteiger partial charge in [0.25, 0.3) is 5.91 Å². The first-order chi connectivity index (χ1) is 13.2. The average Bonchev–Trinajstić information content (AvgIpc) is 3.07. The number of aromatic nitrogens is 1. The number of carbonyl (C=O) groups is 2. The summed E-state index contributed by atoms with van der Waals surface area (Å²) in [4.78, 5) is 31.6. The van der Waals surface area contributed by atoms with Gasteiger partial charge in [-0.25, -0.2) is 0 Å². The van der Waals surface area contributed by atoms with E-state index in [0.29, 0.717) is 44.1 Å². The maximum Gasteiger partial charge on any atom is 0.260 e. The highest BCUT2D eigenvalue weighted by atomic mass is 16.5. The second-order valence-corrected chi connectivity index (χ2v) is 6.43. The zero-order valence-corrected chi connectivity index (χ0v) is 15.5. The van der Waals surface area contributed by atoms with Crippen LogP contribution in [0.1, 0.15) is 12.1 Å². The van der Waals surface area contributed by atoms with Crippen molar-refractivity contribution in [2.24, 2.45) is 0 Å². The van der Waals surface area contributed by atoms with Crippen LogP contribution in [0.4, 0.5) is 0 Å². The van der Waals surface area contributed by atoms with Gasteiger partial charge in [0.2, 0.25) is 5.91 Å². The third-order valence-electron chi connectivity index (χ3n) is 4.63. The minimum absolute atomic E-state index is 0.0448. The van der Waals surface area contributed by atoms with Gasteiger partial charge in [-0.15, -0.1) is 0 Å². The van der Waals surface area contributed by atoms with Gasteiger partial charge in [-0.3, -0.25) is 9.59 Å². The molecule has 3 rings (SSSR count). The van der Waals surface area contributed by atoms with Crippen molar-refractivity contribution >= 4 is 11.8 Å². The Balaban J connectivity index is 1.49. The number of ether oxygens (including phenoxy) is 2. The number of methoxy groups -OCH3 is 1. The fourth-order valence-electron chi connectivity index (χ4n) is 3.14. The van der Waals surface area contributed by atoms with Gasteiger partial charge in [0, 0.05) is 38.1 Å². The van der Waals surface area contributed by atoms with E-state index < -0.39 is 0 Å². The van der Waals surface area contributed by atoms with Crippen molar-refractivity contribution in [3.05, 3.63) is 48.3 Å². The molecule has 1 fully saturated rings. The SMILES string of the molecule is COc1ccccc1OCC(=O)N1CCCN(C(=O)Cc2ccc[nH]2)CC1. The molecule has 7 heteroatoms. The molecule has 0 unspecified atom stereocenters. The third-order valence-corrected chi connectivity index (χ3v) is 4.63. The van der Waals surface area contributed by atoms with Crippen molar-refractivity contribution < 1.29 is 19.1 Å². The van der Waals surface area contributed by atoms with Crippen LogP contribution < -0.4 is 9.47 Å². The van der Waals surface area contributed by atoms with Crippen molar-refractivity contribution in [1.29, 1.82) is 0 Å². The lowest BCUT2D eigenvalue weighted by molar-refractivity contribution is -0.134. The Hall–Kier alpha value is -2.96. The minimum atomic E-state index is -0.0837. The molecule has 1 aliphatic rings. The second kappa shape index (κ2) is 9.12. The lowest BCUT2D eigenvalue weighted by Gasteiger charge is -2.22. The van der Waals surface area contributed by atoms with Crippen molar-refractivity contribution in [2.45, 2.75) is 12.8 Å². The molecule has 27 heavy (non-hydrogen) atoms. The molecule has 2 heterocycles. The first-order valence-electron chi connectivity index (χ1n) is 9.11. The summed E-state index contributed by atoms with van der Waals surface area (Å²) in [6.45, 7) is 2.30. The maximum atomic E-state index is 12.5. The topological polar surface area (TPSA) is 74.9 Å². The summed E-state index contributed by atoms with van der Waals surface area (Å²) in [5, 5.41) is 0. The van der Waals surface area contributed by atoms with Crippen LogP contribution in [-0.4, -0.2) is 66.5 Å². The van der Waals surface area contributed by atoms with Gasteiger partial charge >= 0.3 is 0 Å². The Kier molecular flexibility index (Phi) is 6.35. The van der Waals surface area contributed by atoms with Gasteiger partial charge < -0.3 is 24.3 Å². The Morgan fingerprint density at radius 3 is 2.33 bits per heavy atom. The molecule has 0 bridgehead atoms. The monoisotopic (exact) mass is 371 g/mol. The summed E-state index contributed by atoms with van der Waals surface area (Å²) >= 11 is 0. The van der Waals surface area contributed by atoms with Crippen LogP contribution in [0.2, 0.25) is 0 Å². The highest BCUT2D eigenvalue weighted by Gasteiger charge is 2.22. The van der Waals surface area contributed by atoms with Gasteiger partial charge in [0.1, 0.15) is 0 Å². The van der Waals surface area contributed by atoms with E-state index in [0.717, 1.165) is 12.1 Å². The van der Waals surface area contributed by atoms with E-state index in [1.54, 1.807) is 24.1 Å². The number of hydrogen-bond acceptors (Lipinski definition) is 4. The zero-order valence-electron chi connectivity index (χ0n) is 15.5. The van der Waals surface area contributed by atoms with E-state index >= 15 is 0 Å². The average molecular weight is 371 g/mol. The number of benzene rings is 1. The molecule has 2 aromatic rings. The Morgan fingerprint density at radius 2 is 1.67 bits per heavy atom. The number of nitrogens with one attached hydrogen (secondary N) is 1. The van der Waals surface area contributed by atoms with E-state index in [9.17, 15) is 9.59 Å². The molecule has 0 saturated carbocycles. The summed E-state index contributed by atoms with van der Waals surface area (Å²) in [6.07, 6.45) is 2.93. The van der Waals surface area contributed by atoms with Crippen LogP contribution in [0.3, 0.4) is 0 Å². The fourth-order valence-corrected chi connectivity index (χ4v) is 3.14. The second-order valence-electron chi connectivity index (χ2n) is 6.43. The molecular formula is C20H25N3O4. The van der Waals surface area contributed by atoms with Crippen LogP contribution in [0.5, 0.6) is 11.5 Å². The van der Waals surface area contributed by atoms with Crippen LogP contribution in [0, 0.1) is 0 Å². The van der Waals surface area contributed by atoms with Crippen molar-refractivity contribution in [2.75, 3.05) is 39.9 Å². The normalized spacial score (nSPS) is 14.6. The molecule has 1 N–H and O–H groups in total. The van der Waals surface area contributed by atoms with Crippen molar-refractivity contribution in [1.82, 2.24) is 14.8 Å². The van der Waals surface area contributed by atoms with E-state index in [4.69, 9.17) is 9.47 Å². The summed E-state index contributed by atoms with van der Waals surface area (Å²) in [5.74, 6) is 1.14. The van der Waals surface area contributed by atoms with E-state index in [-0.39, 0.29) is 18.4 Å². The quantitative estimate of drug-likeness (QED) is 0.839. The number of nitrogens with zero attached hydrogens (tertiary/aromatic N) is 2. The summed E-state index contributed by atoms with van der Waals surface area (Å²) < 4.78 is 10.9. The van der Waals surface area contributed by atoms with Crippen molar-refractivity contribution in [3.63, 3.8) is 0 Å². The molecule has 144 valence electrons. The van der Waals surface area contributed by atoms with E-state index in [1.165, 1.54) is 0 Å². The predicted octanol–water partition coefficient (Wildman–Crippen LogP) is 1.71. The largest absolute Gasteiger partial charge is 0.493 e. The van der Waals surface area contributed by atoms with Gasteiger partial charge in [-0.2, -0.15) is 0 Å². The zero-order chi connectivity index (χ0) is 19.1. The Morgan fingerprint density at radius 1 is 0.963 bits per heavy atom. The molecular weight excluding hydrogens is 346 g/mol. The number of carbonyl (C=O) groups excluding carboxylic acids is 2. The predicted molar refractivity (Wildman–Crippen MR) is 101 cm³/mol. The molecule has 1 aromatic heterocycles. The van der Waals surface area contributed by atoms with Crippen LogP contribution in [0.15, 0.2) is 42.6 Å². The number of H-pyrrole nitrogens is 1. The highest BCUT2D eigenvalue weighted by Crippen LogP contribution is 2.25. The van der Waals surface area contributed by atoms with Gasteiger partial charge in [-0.1, -0.05) is 12.1 Å². The van der Waals surface area contributed by atoms with Gasteiger partial charge in [-0.05, 0) is 30.7 Å². The smallest absolute Gasteiger partial charge is 0.260 e. The molecule has 2 amide bonds. The molecule has 7 nitrogen and oxygen atoms in total. The molecule has 0 radical (unpaired) electrons. The number of aromatic amines is 1. The maximum absolute atomic E-state index is 12.5. The molecule has 0 aliphatic carbocycles. The molecule has 1 saturated heterocycles. The van der Waals surface area contributed by atoms with E-state index in [2.05, 4.69) is 4.98 Å². The molecule has 1 aromatic carbocycles. The van der Waals surface area contributed by atoms with Gasteiger partial charge in [0.05, 0.1) is 13.5 Å². The highest BCUT2D eigenvalue weighted by molar-refractivity contribution is 5.79. The fraction of sp³-hybridized carbons (Fsp3) is 0.400. The Labute approximate surface area is 158 Å². The van der Waals surface area contributed by atoms with Crippen LogP contribution >= 0.6 is 0 Å². The lowest BCUT2D eigenvalue weighted by atomic mass is 10.2.